The maximum atomic E-state index is 9.36. The number of thiazole rings is 1. The molecule has 0 aliphatic heterocycles. The molecule has 0 atom stereocenters. The minimum atomic E-state index is 0.514. The lowest BCUT2D eigenvalue weighted by Gasteiger charge is -1.96. The summed E-state index contributed by atoms with van der Waals surface area (Å²) in [7, 11) is 0. The zero-order chi connectivity index (χ0) is 14.7. The molecule has 0 saturated carbocycles. The molecule has 102 valence electrons. The zero-order valence-corrected chi connectivity index (χ0v) is 12.2. The van der Waals surface area contributed by atoms with Crippen molar-refractivity contribution in [3.05, 3.63) is 65.2 Å². The zero-order valence-electron chi connectivity index (χ0n) is 11.4. The van der Waals surface area contributed by atoms with Crippen LogP contribution in [0, 0.1) is 18.3 Å². The first-order valence-corrected chi connectivity index (χ1v) is 7.28. The predicted molar refractivity (Wildman–Crippen MR) is 84.5 cm³/mol. The first-order chi connectivity index (χ1) is 10.3. The molecule has 0 saturated heterocycles. The molecule has 1 aromatic carbocycles. The van der Waals surface area contributed by atoms with Crippen molar-refractivity contribution in [3.8, 4) is 16.5 Å². The van der Waals surface area contributed by atoms with Crippen LogP contribution in [0.25, 0.3) is 22.1 Å². The fourth-order valence-corrected chi connectivity index (χ4v) is 3.06. The molecule has 0 radical (unpaired) electrons. The van der Waals surface area contributed by atoms with E-state index in [4.69, 9.17) is 4.42 Å². The molecule has 0 bridgehead atoms. The van der Waals surface area contributed by atoms with E-state index in [9.17, 15) is 5.26 Å². The minimum absolute atomic E-state index is 0.514. The number of allylic oxidation sites excluding steroid dienone is 1. The van der Waals surface area contributed by atoms with Crippen LogP contribution in [0.5, 0.6) is 0 Å². The second kappa shape index (κ2) is 5.78. The van der Waals surface area contributed by atoms with Crippen LogP contribution in [0.1, 0.15) is 16.5 Å². The topological polar surface area (TPSA) is 49.8 Å². The average molecular weight is 292 g/mol. The van der Waals surface area contributed by atoms with Crippen molar-refractivity contribution in [3.63, 3.8) is 0 Å². The highest BCUT2D eigenvalue weighted by molar-refractivity contribution is 7.16. The number of nitriles is 1. The van der Waals surface area contributed by atoms with E-state index in [1.165, 1.54) is 11.3 Å². The Kier molecular flexibility index (Phi) is 3.67. The van der Waals surface area contributed by atoms with Gasteiger partial charge < -0.3 is 4.42 Å². The maximum absolute atomic E-state index is 9.36. The van der Waals surface area contributed by atoms with Gasteiger partial charge in [-0.2, -0.15) is 5.26 Å². The predicted octanol–water partition coefficient (Wildman–Crippen LogP) is 4.78. The van der Waals surface area contributed by atoms with Crippen LogP contribution in [-0.4, -0.2) is 4.98 Å². The summed E-state index contributed by atoms with van der Waals surface area (Å²) in [5.74, 6) is 0.653. The summed E-state index contributed by atoms with van der Waals surface area (Å²) in [5, 5.41) is 10.1. The molecule has 4 heteroatoms. The molecule has 21 heavy (non-hydrogen) atoms. The number of hydrogen-bond acceptors (Lipinski definition) is 4. The van der Waals surface area contributed by atoms with E-state index in [0.717, 1.165) is 16.1 Å². The van der Waals surface area contributed by atoms with Crippen molar-refractivity contribution in [1.29, 1.82) is 5.26 Å². The van der Waals surface area contributed by atoms with Crippen molar-refractivity contribution in [1.82, 2.24) is 4.98 Å². The second-order valence-corrected chi connectivity index (χ2v) is 5.48. The largest absolute Gasteiger partial charge is 0.465 e. The third-order valence-electron chi connectivity index (χ3n) is 3.01. The molecule has 2 heterocycles. The molecular weight excluding hydrogens is 280 g/mol. The Bertz CT molecular complexity index is 808. The van der Waals surface area contributed by atoms with Gasteiger partial charge >= 0.3 is 0 Å². The normalized spacial score (nSPS) is 11.3. The van der Waals surface area contributed by atoms with E-state index in [0.29, 0.717) is 16.3 Å². The third kappa shape index (κ3) is 2.78. The standard InChI is InChI=1S/C17H12N2OS/c1-12-16(13-6-3-2-4-7-13)21-17(19-12)14(11-18)10-15-8-5-9-20-15/h2-10H,1H3/b14-10+. The fourth-order valence-electron chi connectivity index (χ4n) is 2.03. The lowest BCUT2D eigenvalue weighted by molar-refractivity contribution is 0.557. The van der Waals surface area contributed by atoms with Gasteiger partial charge in [-0.3, -0.25) is 0 Å². The van der Waals surface area contributed by atoms with Gasteiger partial charge in [0.15, 0.2) is 0 Å². The molecule has 0 aliphatic rings. The summed E-state index contributed by atoms with van der Waals surface area (Å²) in [6.07, 6.45) is 3.30. The van der Waals surface area contributed by atoms with Crippen molar-refractivity contribution in [2.45, 2.75) is 6.92 Å². The summed E-state index contributed by atoms with van der Waals surface area (Å²) in [5.41, 5.74) is 2.57. The molecule has 0 spiro atoms. The highest BCUT2D eigenvalue weighted by atomic mass is 32.1. The van der Waals surface area contributed by atoms with Crippen LogP contribution in [0.3, 0.4) is 0 Å². The second-order valence-electron chi connectivity index (χ2n) is 4.48. The van der Waals surface area contributed by atoms with Crippen LogP contribution >= 0.6 is 11.3 Å². The lowest BCUT2D eigenvalue weighted by atomic mass is 10.2. The summed E-state index contributed by atoms with van der Waals surface area (Å²) in [4.78, 5) is 5.61. The van der Waals surface area contributed by atoms with Gasteiger partial charge in [0, 0.05) is 6.08 Å². The van der Waals surface area contributed by atoms with Gasteiger partial charge in [0.1, 0.15) is 16.8 Å². The van der Waals surface area contributed by atoms with E-state index in [-0.39, 0.29) is 0 Å². The Labute approximate surface area is 126 Å². The van der Waals surface area contributed by atoms with Crippen molar-refractivity contribution >= 4 is 23.0 Å². The van der Waals surface area contributed by atoms with Crippen molar-refractivity contribution in [2.24, 2.45) is 0 Å². The monoisotopic (exact) mass is 292 g/mol. The van der Waals surface area contributed by atoms with E-state index in [2.05, 4.69) is 11.1 Å². The molecule has 3 nitrogen and oxygen atoms in total. The number of aryl methyl sites for hydroxylation is 1. The van der Waals surface area contributed by atoms with Crippen molar-refractivity contribution < 1.29 is 4.42 Å². The Morgan fingerprint density at radius 1 is 1.24 bits per heavy atom. The van der Waals surface area contributed by atoms with Gasteiger partial charge in [0.05, 0.1) is 22.4 Å². The smallest absolute Gasteiger partial charge is 0.134 e. The first-order valence-electron chi connectivity index (χ1n) is 6.46. The molecule has 0 unspecified atom stereocenters. The molecule has 0 amide bonds. The Balaban J connectivity index is 2.03. The van der Waals surface area contributed by atoms with Gasteiger partial charge in [-0.05, 0) is 24.6 Å². The fraction of sp³-hybridized carbons (Fsp3) is 0.0588. The van der Waals surface area contributed by atoms with Crippen LogP contribution in [0.15, 0.2) is 53.1 Å². The van der Waals surface area contributed by atoms with Gasteiger partial charge in [-0.15, -0.1) is 11.3 Å². The van der Waals surface area contributed by atoms with E-state index in [1.807, 2.05) is 43.3 Å². The highest BCUT2D eigenvalue weighted by Crippen LogP contribution is 2.33. The molecular formula is C17H12N2OS. The third-order valence-corrected chi connectivity index (χ3v) is 4.25. The molecule has 2 aromatic heterocycles. The Morgan fingerprint density at radius 2 is 2.05 bits per heavy atom. The number of furan rings is 1. The molecule has 3 aromatic rings. The maximum Gasteiger partial charge on any atom is 0.134 e. The molecule has 3 rings (SSSR count). The minimum Gasteiger partial charge on any atom is -0.465 e. The molecule has 0 fully saturated rings. The average Bonchev–Trinajstić information content (AvgIpc) is 3.15. The number of rotatable bonds is 3. The van der Waals surface area contributed by atoms with E-state index >= 15 is 0 Å². The van der Waals surface area contributed by atoms with E-state index in [1.54, 1.807) is 18.4 Å². The van der Waals surface area contributed by atoms with Crippen LogP contribution in [0.2, 0.25) is 0 Å². The first kappa shape index (κ1) is 13.3. The summed E-state index contributed by atoms with van der Waals surface area (Å²) in [6.45, 7) is 1.96. The number of aromatic nitrogens is 1. The van der Waals surface area contributed by atoms with Gasteiger partial charge in [0.2, 0.25) is 0 Å². The van der Waals surface area contributed by atoms with Crippen LogP contribution in [-0.2, 0) is 0 Å². The quantitative estimate of drug-likeness (QED) is 0.653. The van der Waals surface area contributed by atoms with Gasteiger partial charge in [0.25, 0.3) is 0 Å². The number of benzene rings is 1. The SMILES string of the molecule is Cc1nc(/C(C#N)=C/c2ccco2)sc1-c1ccccc1. The summed E-state index contributed by atoms with van der Waals surface area (Å²) in [6, 6.07) is 15.9. The highest BCUT2D eigenvalue weighted by Gasteiger charge is 2.13. The number of hydrogen-bond donors (Lipinski definition) is 0. The summed E-state index contributed by atoms with van der Waals surface area (Å²) >= 11 is 1.52. The Hall–Kier alpha value is -2.64. The lowest BCUT2D eigenvalue weighted by Crippen LogP contribution is -1.80. The number of nitrogens with zero attached hydrogens (tertiary/aromatic N) is 2. The van der Waals surface area contributed by atoms with Crippen molar-refractivity contribution in [2.75, 3.05) is 0 Å². The summed E-state index contributed by atoms with van der Waals surface area (Å²) < 4.78 is 5.26. The molecule has 0 aliphatic carbocycles. The van der Waals surface area contributed by atoms with Gasteiger partial charge in [-0.1, -0.05) is 30.3 Å². The Morgan fingerprint density at radius 3 is 2.71 bits per heavy atom. The van der Waals surface area contributed by atoms with Gasteiger partial charge in [-0.25, -0.2) is 4.98 Å². The van der Waals surface area contributed by atoms with Crippen LogP contribution in [0.4, 0.5) is 0 Å². The van der Waals surface area contributed by atoms with E-state index < -0.39 is 0 Å². The molecule has 0 N–H and O–H groups in total. The van der Waals surface area contributed by atoms with Crippen LogP contribution < -0.4 is 0 Å².